The van der Waals surface area contributed by atoms with Gasteiger partial charge in [-0.3, -0.25) is 4.57 Å². The number of rotatable bonds is 1. The summed E-state index contributed by atoms with van der Waals surface area (Å²) in [5, 5.41) is 0. The molecule has 0 atom stereocenters. The van der Waals surface area contributed by atoms with Crippen molar-refractivity contribution < 1.29 is 0 Å². The molecule has 1 aromatic heterocycles. The second-order valence-electron chi connectivity index (χ2n) is 4.72. The minimum atomic E-state index is 0.740. The molecule has 0 aliphatic heterocycles. The highest BCUT2D eigenvalue weighted by Gasteiger charge is 2.08. The van der Waals surface area contributed by atoms with Crippen molar-refractivity contribution in [2.45, 2.75) is 13.8 Å². The Labute approximate surface area is 130 Å². The number of hydrogen-bond donors (Lipinski definition) is 1. The van der Waals surface area contributed by atoms with Crippen LogP contribution in [0.15, 0.2) is 36.4 Å². The molecule has 4 heteroatoms. The molecule has 0 amide bonds. The number of imidazole rings is 1. The minimum absolute atomic E-state index is 0.740. The van der Waals surface area contributed by atoms with E-state index in [2.05, 4.69) is 82.4 Å². The molecular formula is C15H13IN2S. The monoisotopic (exact) mass is 380 g/mol. The highest BCUT2D eigenvalue weighted by molar-refractivity contribution is 14.1. The van der Waals surface area contributed by atoms with Crippen LogP contribution in [0.1, 0.15) is 11.1 Å². The molecule has 2 nitrogen and oxygen atoms in total. The molecule has 0 aliphatic rings. The molecule has 3 rings (SSSR count). The lowest BCUT2D eigenvalue weighted by atomic mass is 10.1. The van der Waals surface area contributed by atoms with Crippen LogP contribution >= 0.6 is 34.8 Å². The van der Waals surface area contributed by atoms with E-state index in [1.165, 1.54) is 14.7 Å². The van der Waals surface area contributed by atoms with Crippen molar-refractivity contribution in [1.29, 1.82) is 0 Å². The zero-order valence-corrected chi connectivity index (χ0v) is 13.7. The average molecular weight is 380 g/mol. The van der Waals surface area contributed by atoms with Crippen LogP contribution in [0.5, 0.6) is 0 Å². The molecule has 2 aromatic carbocycles. The second-order valence-corrected chi connectivity index (χ2v) is 6.35. The van der Waals surface area contributed by atoms with Gasteiger partial charge < -0.3 is 4.98 Å². The smallest absolute Gasteiger partial charge is 0.182 e. The first-order chi connectivity index (χ1) is 9.06. The van der Waals surface area contributed by atoms with Gasteiger partial charge in [0.15, 0.2) is 4.77 Å². The van der Waals surface area contributed by atoms with Gasteiger partial charge in [-0.05, 0) is 78.5 Å². The van der Waals surface area contributed by atoms with Gasteiger partial charge in [0.25, 0.3) is 0 Å². The lowest BCUT2D eigenvalue weighted by Gasteiger charge is -2.09. The summed E-state index contributed by atoms with van der Waals surface area (Å²) >= 11 is 7.79. The van der Waals surface area contributed by atoms with Gasteiger partial charge in [0.05, 0.1) is 16.7 Å². The van der Waals surface area contributed by atoms with Crippen molar-refractivity contribution in [2.24, 2.45) is 0 Å². The number of halogens is 1. The summed E-state index contributed by atoms with van der Waals surface area (Å²) in [6, 6.07) is 12.8. The Morgan fingerprint density at radius 3 is 2.63 bits per heavy atom. The fraction of sp³-hybridized carbons (Fsp3) is 0.133. The molecule has 0 aliphatic carbocycles. The molecule has 1 N–H and O–H groups in total. The first kappa shape index (κ1) is 12.9. The van der Waals surface area contributed by atoms with Crippen molar-refractivity contribution >= 4 is 45.8 Å². The lowest BCUT2D eigenvalue weighted by molar-refractivity contribution is 1.05. The summed E-state index contributed by atoms with van der Waals surface area (Å²) in [5.41, 5.74) is 5.84. The van der Waals surface area contributed by atoms with E-state index in [-0.39, 0.29) is 0 Å². The Morgan fingerprint density at radius 2 is 1.89 bits per heavy atom. The largest absolute Gasteiger partial charge is 0.330 e. The van der Waals surface area contributed by atoms with Crippen molar-refractivity contribution in [3.63, 3.8) is 0 Å². The second kappa shape index (κ2) is 4.76. The maximum atomic E-state index is 5.48. The Bertz CT molecular complexity index is 830. The van der Waals surface area contributed by atoms with E-state index in [0.29, 0.717) is 0 Å². The number of nitrogens with one attached hydrogen (secondary N) is 1. The fourth-order valence-corrected chi connectivity index (χ4v) is 3.18. The third-order valence-electron chi connectivity index (χ3n) is 3.24. The predicted octanol–water partition coefficient (Wildman–Crippen LogP) is 4.91. The lowest BCUT2D eigenvalue weighted by Crippen LogP contribution is -1.97. The van der Waals surface area contributed by atoms with Gasteiger partial charge in [-0.15, -0.1) is 0 Å². The van der Waals surface area contributed by atoms with E-state index in [4.69, 9.17) is 12.2 Å². The van der Waals surface area contributed by atoms with Crippen molar-refractivity contribution in [3.8, 4) is 5.69 Å². The molecule has 0 unspecified atom stereocenters. The van der Waals surface area contributed by atoms with E-state index in [9.17, 15) is 0 Å². The molecule has 96 valence electrons. The van der Waals surface area contributed by atoms with Crippen LogP contribution in [0.4, 0.5) is 0 Å². The first-order valence-electron chi connectivity index (χ1n) is 6.04. The molecule has 0 fully saturated rings. The van der Waals surface area contributed by atoms with E-state index in [1.54, 1.807) is 0 Å². The summed E-state index contributed by atoms with van der Waals surface area (Å²) in [6.07, 6.45) is 0. The Kier molecular flexibility index (Phi) is 3.22. The van der Waals surface area contributed by atoms with Crippen LogP contribution in [-0.2, 0) is 0 Å². The van der Waals surface area contributed by atoms with Crippen LogP contribution in [-0.4, -0.2) is 9.55 Å². The normalized spacial score (nSPS) is 11.1. The molecule has 0 spiro atoms. The molecule has 3 aromatic rings. The van der Waals surface area contributed by atoms with Crippen LogP contribution in [0.3, 0.4) is 0 Å². The summed E-state index contributed by atoms with van der Waals surface area (Å²) in [5.74, 6) is 0. The highest BCUT2D eigenvalue weighted by atomic mass is 127. The number of aromatic amines is 1. The van der Waals surface area contributed by atoms with Gasteiger partial charge in [0.1, 0.15) is 0 Å². The Morgan fingerprint density at radius 1 is 1.11 bits per heavy atom. The third kappa shape index (κ3) is 2.23. The standard InChI is InChI=1S/C15H13IN2S/c1-9-3-5-13(10(2)7-9)18-14-6-4-11(16)8-12(14)17-15(18)19/h3-8H,1-2H3,(H,17,19). The van der Waals surface area contributed by atoms with Gasteiger partial charge in [-0.2, -0.15) is 0 Å². The van der Waals surface area contributed by atoms with Crippen LogP contribution < -0.4 is 0 Å². The summed E-state index contributed by atoms with van der Waals surface area (Å²) in [7, 11) is 0. The Hall–Kier alpha value is -1.14. The summed E-state index contributed by atoms with van der Waals surface area (Å²) in [4.78, 5) is 3.28. The van der Waals surface area contributed by atoms with E-state index in [0.717, 1.165) is 21.5 Å². The summed E-state index contributed by atoms with van der Waals surface area (Å²) < 4.78 is 4.05. The highest BCUT2D eigenvalue weighted by Crippen LogP contribution is 2.24. The van der Waals surface area contributed by atoms with Gasteiger partial charge in [0, 0.05) is 3.57 Å². The number of nitrogens with zero attached hydrogens (tertiary/aromatic N) is 1. The van der Waals surface area contributed by atoms with Crippen LogP contribution in [0.25, 0.3) is 16.7 Å². The quantitative estimate of drug-likeness (QED) is 0.470. The number of hydrogen-bond acceptors (Lipinski definition) is 1. The molecular weight excluding hydrogens is 367 g/mol. The number of H-pyrrole nitrogens is 1. The van der Waals surface area contributed by atoms with Gasteiger partial charge in [-0.25, -0.2) is 0 Å². The predicted molar refractivity (Wildman–Crippen MR) is 90.7 cm³/mol. The molecule has 0 saturated heterocycles. The molecule has 0 radical (unpaired) electrons. The number of aryl methyl sites for hydroxylation is 2. The molecule has 1 heterocycles. The van der Waals surface area contributed by atoms with Crippen LogP contribution in [0.2, 0.25) is 0 Å². The zero-order valence-electron chi connectivity index (χ0n) is 10.7. The Balaban J connectivity index is 2.36. The van der Waals surface area contributed by atoms with E-state index >= 15 is 0 Å². The number of aromatic nitrogens is 2. The number of benzene rings is 2. The van der Waals surface area contributed by atoms with E-state index in [1.807, 2.05) is 0 Å². The average Bonchev–Trinajstić information content (AvgIpc) is 2.65. The molecule has 19 heavy (non-hydrogen) atoms. The maximum absolute atomic E-state index is 5.48. The fourth-order valence-electron chi connectivity index (χ4n) is 2.38. The third-order valence-corrected chi connectivity index (χ3v) is 4.19. The topological polar surface area (TPSA) is 20.7 Å². The molecule has 0 bridgehead atoms. The van der Waals surface area contributed by atoms with Crippen molar-refractivity contribution in [1.82, 2.24) is 9.55 Å². The zero-order chi connectivity index (χ0) is 13.6. The first-order valence-corrected chi connectivity index (χ1v) is 7.53. The van der Waals surface area contributed by atoms with E-state index < -0.39 is 0 Å². The minimum Gasteiger partial charge on any atom is -0.330 e. The van der Waals surface area contributed by atoms with Gasteiger partial charge in [-0.1, -0.05) is 17.7 Å². The number of fused-ring (bicyclic) bond motifs is 1. The van der Waals surface area contributed by atoms with Gasteiger partial charge in [0.2, 0.25) is 0 Å². The summed E-state index contributed by atoms with van der Waals surface area (Å²) in [6.45, 7) is 4.23. The van der Waals surface area contributed by atoms with Crippen molar-refractivity contribution in [2.75, 3.05) is 0 Å². The maximum Gasteiger partial charge on any atom is 0.182 e. The molecule has 0 saturated carbocycles. The van der Waals surface area contributed by atoms with Crippen LogP contribution in [0, 0.1) is 22.2 Å². The van der Waals surface area contributed by atoms with Gasteiger partial charge >= 0.3 is 0 Å². The SMILES string of the molecule is Cc1ccc(-n2c(=S)[nH]c3cc(I)ccc32)c(C)c1. The van der Waals surface area contributed by atoms with Crippen molar-refractivity contribution in [3.05, 3.63) is 55.9 Å².